The molecule has 1 aromatic heterocycles. The van der Waals surface area contributed by atoms with Crippen LogP contribution in [0.2, 0.25) is 0 Å². The summed E-state index contributed by atoms with van der Waals surface area (Å²) in [6.45, 7) is 7.51. The molecule has 0 aliphatic carbocycles. The van der Waals surface area contributed by atoms with E-state index in [1.54, 1.807) is 30.3 Å². The maximum Gasteiger partial charge on any atom is 0.340 e. The lowest BCUT2D eigenvalue weighted by molar-refractivity contribution is -0.119. The third-order valence-corrected chi connectivity index (χ3v) is 3.85. The number of hydrogen-bond donors (Lipinski definition) is 1. The molecule has 0 spiro atoms. The van der Waals surface area contributed by atoms with Crippen molar-refractivity contribution >= 4 is 17.6 Å². The number of carbonyl (C=O) groups excluding carboxylic acids is 2. The van der Waals surface area contributed by atoms with Gasteiger partial charge in [0.2, 0.25) is 0 Å². The van der Waals surface area contributed by atoms with Gasteiger partial charge in [0.1, 0.15) is 0 Å². The van der Waals surface area contributed by atoms with Crippen LogP contribution in [0.1, 0.15) is 47.2 Å². The number of carbonyl (C=O) groups is 2. The van der Waals surface area contributed by atoms with E-state index in [4.69, 9.17) is 10.00 Å². The molecule has 2 aromatic rings. The molecule has 0 radical (unpaired) electrons. The SMILES string of the molecule is Cc1cc(C(=O)OCC(=O)Nc2ccc(C#N)cc2)c(C)n1C(C)C. The molecule has 1 aromatic carbocycles. The summed E-state index contributed by atoms with van der Waals surface area (Å²) < 4.78 is 7.17. The summed E-state index contributed by atoms with van der Waals surface area (Å²) >= 11 is 0. The van der Waals surface area contributed by atoms with E-state index in [-0.39, 0.29) is 12.6 Å². The largest absolute Gasteiger partial charge is 0.452 e. The van der Waals surface area contributed by atoms with Crippen molar-refractivity contribution in [2.24, 2.45) is 0 Å². The molecular weight excluding hydrogens is 318 g/mol. The number of hydrogen-bond acceptors (Lipinski definition) is 4. The third-order valence-electron chi connectivity index (χ3n) is 3.85. The molecule has 0 unspecified atom stereocenters. The lowest BCUT2D eigenvalue weighted by atomic mass is 10.2. The quantitative estimate of drug-likeness (QED) is 0.847. The Balaban J connectivity index is 1.96. The van der Waals surface area contributed by atoms with Crippen molar-refractivity contribution in [3.63, 3.8) is 0 Å². The van der Waals surface area contributed by atoms with Crippen LogP contribution in [0, 0.1) is 25.2 Å². The average molecular weight is 339 g/mol. The zero-order valence-electron chi connectivity index (χ0n) is 14.8. The molecule has 0 aliphatic heterocycles. The second-order valence-corrected chi connectivity index (χ2v) is 6.06. The highest BCUT2D eigenvalue weighted by molar-refractivity contribution is 5.96. The van der Waals surface area contributed by atoms with Gasteiger partial charge in [0.15, 0.2) is 6.61 Å². The van der Waals surface area contributed by atoms with Crippen LogP contribution >= 0.6 is 0 Å². The zero-order chi connectivity index (χ0) is 18.6. The molecule has 1 heterocycles. The number of benzene rings is 1. The number of ether oxygens (including phenoxy) is 1. The first-order valence-electron chi connectivity index (χ1n) is 7.99. The van der Waals surface area contributed by atoms with Crippen molar-refractivity contribution in [3.8, 4) is 6.07 Å². The number of esters is 1. The number of aryl methyl sites for hydroxylation is 1. The van der Waals surface area contributed by atoms with Crippen LogP contribution in [0.3, 0.4) is 0 Å². The number of anilines is 1. The lowest BCUT2D eigenvalue weighted by Gasteiger charge is -2.13. The number of nitrogens with zero attached hydrogens (tertiary/aromatic N) is 2. The van der Waals surface area contributed by atoms with Gasteiger partial charge in [-0.1, -0.05) is 0 Å². The summed E-state index contributed by atoms with van der Waals surface area (Å²) in [7, 11) is 0. The van der Waals surface area contributed by atoms with Gasteiger partial charge in [0, 0.05) is 23.1 Å². The Labute approximate surface area is 147 Å². The molecule has 1 N–H and O–H groups in total. The van der Waals surface area contributed by atoms with Crippen LogP contribution in [0.15, 0.2) is 30.3 Å². The summed E-state index contributed by atoms with van der Waals surface area (Å²) in [5.74, 6) is -0.953. The molecule has 0 aliphatic rings. The van der Waals surface area contributed by atoms with Crippen molar-refractivity contribution < 1.29 is 14.3 Å². The molecule has 0 fully saturated rings. The average Bonchev–Trinajstić information content (AvgIpc) is 2.88. The molecular formula is C19H21N3O3. The molecule has 2 rings (SSSR count). The monoisotopic (exact) mass is 339 g/mol. The molecule has 0 atom stereocenters. The van der Waals surface area contributed by atoms with Crippen molar-refractivity contribution in [2.45, 2.75) is 33.7 Å². The van der Waals surface area contributed by atoms with E-state index < -0.39 is 11.9 Å². The molecule has 0 saturated carbocycles. The van der Waals surface area contributed by atoms with E-state index in [0.717, 1.165) is 11.4 Å². The maximum absolute atomic E-state index is 12.2. The van der Waals surface area contributed by atoms with E-state index in [9.17, 15) is 9.59 Å². The minimum Gasteiger partial charge on any atom is -0.452 e. The second kappa shape index (κ2) is 7.67. The summed E-state index contributed by atoms with van der Waals surface area (Å²) in [6, 6.07) is 10.5. The van der Waals surface area contributed by atoms with Crippen LogP contribution in [0.25, 0.3) is 0 Å². The van der Waals surface area contributed by atoms with Crippen LogP contribution < -0.4 is 5.32 Å². The number of nitrogens with one attached hydrogen (secondary N) is 1. The Hall–Kier alpha value is -3.07. The zero-order valence-corrected chi connectivity index (χ0v) is 14.8. The van der Waals surface area contributed by atoms with E-state index in [1.807, 2.05) is 38.3 Å². The van der Waals surface area contributed by atoms with E-state index in [0.29, 0.717) is 16.8 Å². The van der Waals surface area contributed by atoms with Crippen molar-refractivity contribution in [2.75, 3.05) is 11.9 Å². The Morgan fingerprint density at radius 2 is 1.88 bits per heavy atom. The van der Waals surface area contributed by atoms with Gasteiger partial charge in [-0.25, -0.2) is 4.79 Å². The number of nitriles is 1. The minimum absolute atomic E-state index is 0.237. The number of amides is 1. The maximum atomic E-state index is 12.2. The number of rotatable bonds is 5. The van der Waals surface area contributed by atoms with Crippen molar-refractivity contribution in [1.29, 1.82) is 5.26 Å². The molecule has 1 amide bonds. The van der Waals surface area contributed by atoms with Gasteiger partial charge in [0.25, 0.3) is 5.91 Å². The fourth-order valence-corrected chi connectivity index (χ4v) is 2.81. The summed E-state index contributed by atoms with van der Waals surface area (Å²) in [5.41, 5.74) is 3.31. The molecule has 6 heteroatoms. The standard InChI is InChI=1S/C19H21N3O3/c1-12(2)22-13(3)9-17(14(22)4)19(24)25-11-18(23)21-16-7-5-15(10-20)6-8-16/h5-9,12H,11H2,1-4H3,(H,21,23). The predicted octanol–water partition coefficient (Wildman–Crippen LogP) is 3.35. The van der Waals surface area contributed by atoms with E-state index >= 15 is 0 Å². The Bertz CT molecular complexity index is 827. The Kier molecular flexibility index (Phi) is 5.60. The highest BCUT2D eigenvalue weighted by Crippen LogP contribution is 2.20. The Morgan fingerprint density at radius 3 is 2.40 bits per heavy atom. The minimum atomic E-state index is -0.519. The first-order valence-corrected chi connectivity index (χ1v) is 7.99. The van der Waals surface area contributed by atoms with E-state index in [2.05, 4.69) is 5.32 Å². The van der Waals surface area contributed by atoms with Gasteiger partial charge in [-0.3, -0.25) is 4.79 Å². The first kappa shape index (κ1) is 18.3. The summed E-state index contributed by atoms with van der Waals surface area (Å²) in [5, 5.41) is 11.4. The summed E-state index contributed by atoms with van der Waals surface area (Å²) in [6.07, 6.45) is 0. The highest BCUT2D eigenvalue weighted by atomic mass is 16.5. The van der Waals surface area contributed by atoms with E-state index in [1.165, 1.54) is 0 Å². The molecule has 6 nitrogen and oxygen atoms in total. The Morgan fingerprint density at radius 1 is 1.24 bits per heavy atom. The molecule has 0 saturated heterocycles. The lowest BCUT2D eigenvalue weighted by Crippen LogP contribution is -2.21. The predicted molar refractivity (Wildman–Crippen MR) is 94.4 cm³/mol. The third kappa shape index (κ3) is 4.27. The summed E-state index contributed by atoms with van der Waals surface area (Å²) in [4.78, 5) is 24.2. The van der Waals surface area contributed by atoms with Gasteiger partial charge < -0.3 is 14.6 Å². The van der Waals surface area contributed by atoms with Gasteiger partial charge in [-0.2, -0.15) is 5.26 Å². The molecule has 0 bridgehead atoms. The van der Waals surface area contributed by atoms with Gasteiger partial charge in [-0.05, 0) is 58.0 Å². The van der Waals surface area contributed by atoms with Crippen molar-refractivity contribution in [1.82, 2.24) is 4.57 Å². The number of aromatic nitrogens is 1. The smallest absolute Gasteiger partial charge is 0.340 e. The molecule has 25 heavy (non-hydrogen) atoms. The normalized spacial score (nSPS) is 10.4. The van der Waals surface area contributed by atoms with Crippen LogP contribution in [0.4, 0.5) is 5.69 Å². The fourth-order valence-electron chi connectivity index (χ4n) is 2.81. The highest BCUT2D eigenvalue weighted by Gasteiger charge is 2.19. The second-order valence-electron chi connectivity index (χ2n) is 6.06. The van der Waals surface area contributed by atoms with Gasteiger partial charge >= 0.3 is 5.97 Å². The van der Waals surface area contributed by atoms with Crippen molar-refractivity contribution in [3.05, 3.63) is 52.8 Å². The fraction of sp³-hybridized carbons (Fsp3) is 0.316. The van der Waals surface area contributed by atoms with Crippen LogP contribution in [0.5, 0.6) is 0 Å². The first-order chi connectivity index (χ1) is 11.8. The molecule has 130 valence electrons. The van der Waals surface area contributed by atoms with Crippen LogP contribution in [-0.2, 0) is 9.53 Å². The van der Waals surface area contributed by atoms with Gasteiger partial charge in [-0.15, -0.1) is 0 Å². The van der Waals surface area contributed by atoms with Crippen LogP contribution in [-0.4, -0.2) is 23.1 Å². The van der Waals surface area contributed by atoms with Gasteiger partial charge in [0.05, 0.1) is 17.2 Å². The topological polar surface area (TPSA) is 84.1 Å².